The Bertz CT molecular complexity index is 1300. The number of para-hydroxylation sites is 2. The van der Waals surface area contributed by atoms with E-state index >= 15 is 0 Å². The van der Waals surface area contributed by atoms with E-state index in [1.54, 1.807) is 42.5 Å². The molecular weight excluding hydrogens is 440 g/mol. The number of anilines is 2. The summed E-state index contributed by atoms with van der Waals surface area (Å²) >= 11 is 6.19. The molecule has 3 aromatic rings. The molecule has 0 aliphatic carbocycles. The van der Waals surface area contributed by atoms with E-state index in [2.05, 4.69) is 5.32 Å². The second-order valence-electron chi connectivity index (χ2n) is 7.64. The molecule has 33 heavy (non-hydrogen) atoms. The maximum Gasteiger partial charge on any atom is 0.282 e. The van der Waals surface area contributed by atoms with Crippen LogP contribution >= 0.6 is 11.6 Å². The second kappa shape index (κ2) is 9.00. The Balaban J connectivity index is 1.90. The van der Waals surface area contributed by atoms with Gasteiger partial charge in [0.2, 0.25) is 0 Å². The third-order valence-electron chi connectivity index (χ3n) is 5.63. The zero-order valence-corrected chi connectivity index (χ0v) is 19.5. The molecule has 4 rings (SSSR count). The maximum atomic E-state index is 13.7. The molecular formula is C26H23ClN2O4. The first-order chi connectivity index (χ1) is 15.8. The number of nitrogens with one attached hydrogen (secondary N) is 1. The maximum absolute atomic E-state index is 13.7. The molecule has 1 aliphatic rings. The molecule has 7 heteroatoms. The van der Waals surface area contributed by atoms with Gasteiger partial charge >= 0.3 is 0 Å². The van der Waals surface area contributed by atoms with Crippen molar-refractivity contribution in [2.45, 2.75) is 13.8 Å². The zero-order valence-electron chi connectivity index (χ0n) is 18.7. The fourth-order valence-corrected chi connectivity index (χ4v) is 3.93. The number of halogens is 1. The van der Waals surface area contributed by atoms with Crippen molar-refractivity contribution in [3.05, 3.63) is 88.1 Å². The van der Waals surface area contributed by atoms with Crippen molar-refractivity contribution < 1.29 is 19.1 Å². The van der Waals surface area contributed by atoms with E-state index in [0.717, 1.165) is 16.0 Å². The lowest BCUT2D eigenvalue weighted by Gasteiger charge is -2.18. The Labute approximate surface area is 197 Å². The van der Waals surface area contributed by atoms with Gasteiger partial charge in [-0.05, 0) is 60.9 Å². The van der Waals surface area contributed by atoms with Crippen LogP contribution in [0.25, 0.3) is 5.57 Å². The molecule has 0 spiro atoms. The van der Waals surface area contributed by atoms with Crippen molar-refractivity contribution in [3.63, 3.8) is 0 Å². The minimum Gasteiger partial charge on any atom is -0.495 e. The first-order valence-corrected chi connectivity index (χ1v) is 10.7. The number of methoxy groups -OCH3 is 2. The van der Waals surface area contributed by atoms with Crippen molar-refractivity contribution >= 4 is 40.4 Å². The fraction of sp³-hybridized carbons (Fsp3) is 0.154. The number of imide groups is 1. The van der Waals surface area contributed by atoms with Gasteiger partial charge in [0.1, 0.15) is 17.2 Å². The summed E-state index contributed by atoms with van der Waals surface area (Å²) in [6, 6.07) is 17.6. The molecule has 6 nitrogen and oxygen atoms in total. The van der Waals surface area contributed by atoms with Crippen LogP contribution in [0.15, 0.2) is 66.4 Å². The molecule has 0 saturated heterocycles. The number of hydrogen-bond donors (Lipinski definition) is 1. The molecule has 0 fully saturated rings. The van der Waals surface area contributed by atoms with Crippen LogP contribution in [0.5, 0.6) is 11.5 Å². The number of aryl methyl sites for hydroxylation is 2. The van der Waals surface area contributed by atoms with Gasteiger partial charge in [0.05, 0.1) is 31.2 Å². The van der Waals surface area contributed by atoms with Gasteiger partial charge in [0.15, 0.2) is 0 Å². The summed E-state index contributed by atoms with van der Waals surface area (Å²) in [5, 5.41) is 3.58. The Hall–Kier alpha value is -3.77. The average Bonchev–Trinajstić information content (AvgIpc) is 3.05. The monoisotopic (exact) mass is 462 g/mol. The summed E-state index contributed by atoms with van der Waals surface area (Å²) in [4.78, 5) is 28.5. The van der Waals surface area contributed by atoms with Crippen LogP contribution in [0, 0.1) is 13.8 Å². The molecule has 1 aliphatic heterocycles. The topological polar surface area (TPSA) is 67.9 Å². The molecule has 0 atom stereocenters. The lowest BCUT2D eigenvalue weighted by atomic mass is 9.99. The fourth-order valence-electron chi connectivity index (χ4n) is 3.76. The molecule has 0 saturated carbocycles. The Kier molecular flexibility index (Phi) is 6.11. The number of benzene rings is 3. The molecule has 1 heterocycles. The SMILES string of the molecule is COc1ccc(Cl)cc1NC1=C(c2ccc(C)c(C)c2)C(=O)N(c2ccccc2OC)C1=O. The number of carbonyl (C=O) groups excluding carboxylic acids is 2. The lowest BCUT2D eigenvalue weighted by Crippen LogP contribution is -2.32. The number of carbonyl (C=O) groups is 2. The molecule has 1 N–H and O–H groups in total. The molecule has 2 amide bonds. The van der Waals surface area contributed by atoms with E-state index in [1.807, 2.05) is 32.0 Å². The largest absolute Gasteiger partial charge is 0.495 e. The van der Waals surface area contributed by atoms with Gasteiger partial charge < -0.3 is 14.8 Å². The normalized spacial score (nSPS) is 13.5. The van der Waals surface area contributed by atoms with Crippen molar-refractivity contribution in [2.75, 3.05) is 24.4 Å². The standard InChI is InChI=1S/C26H23ClN2O4/c1-15-9-10-17(13-16(15)2)23-24(28-19-14-18(27)11-12-21(19)32-3)26(31)29(25(23)30)20-7-5-6-8-22(20)33-4/h5-14,28H,1-4H3. The minimum absolute atomic E-state index is 0.134. The smallest absolute Gasteiger partial charge is 0.282 e. The number of hydrogen-bond acceptors (Lipinski definition) is 5. The van der Waals surface area contributed by atoms with Crippen molar-refractivity contribution in [1.82, 2.24) is 0 Å². The first-order valence-electron chi connectivity index (χ1n) is 10.3. The average molecular weight is 463 g/mol. The van der Waals surface area contributed by atoms with Gasteiger partial charge in [-0.3, -0.25) is 9.59 Å². The third kappa shape index (κ3) is 4.05. The van der Waals surface area contributed by atoms with Crippen LogP contribution in [0.3, 0.4) is 0 Å². The van der Waals surface area contributed by atoms with E-state index in [1.165, 1.54) is 14.2 Å². The predicted octanol–water partition coefficient (Wildman–Crippen LogP) is 5.37. The van der Waals surface area contributed by atoms with Gasteiger partial charge in [-0.15, -0.1) is 0 Å². The van der Waals surface area contributed by atoms with Crippen molar-refractivity contribution in [2.24, 2.45) is 0 Å². The third-order valence-corrected chi connectivity index (χ3v) is 5.86. The van der Waals surface area contributed by atoms with Crippen LogP contribution in [0.1, 0.15) is 16.7 Å². The lowest BCUT2D eigenvalue weighted by molar-refractivity contribution is -0.120. The van der Waals surface area contributed by atoms with Crippen LogP contribution in [-0.4, -0.2) is 26.0 Å². The van der Waals surface area contributed by atoms with Crippen LogP contribution in [0.2, 0.25) is 5.02 Å². The van der Waals surface area contributed by atoms with Gasteiger partial charge in [-0.1, -0.05) is 41.9 Å². The summed E-state index contributed by atoms with van der Waals surface area (Å²) in [7, 11) is 3.02. The highest BCUT2D eigenvalue weighted by Crippen LogP contribution is 2.39. The Morgan fingerprint density at radius 3 is 2.24 bits per heavy atom. The predicted molar refractivity (Wildman–Crippen MR) is 130 cm³/mol. The van der Waals surface area contributed by atoms with Crippen LogP contribution in [0.4, 0.5) is 11.4 Å². The molecule has 3 aromatic carbocycles. The van der Waals surface area contributed by atoms with Gasteiger partial charge in [-0.25, -0.2) is 4.90 Å². The number of nitrogens with zero attached hydrogens (tertiary/aromatic N) is 1. The first kappa shape index (κ1) is 22.4. The number of amides is 2. The zero-order chi connectivity index (χ0) is 23.7. The number of rotatable bonds is 6. The Morgan fingerprint density at radius 2 is 1.55 bits per heavy atom. The molecule has 0 radical (unpaired) electrons. The molecule has 0 aromatic heterocycles. The second-order valence-corrected chi connectivity index (χ2v) is 8.07. The van der Waals surface area contributed by atoms with Crippen molar-refractivity contribution in [3.8, 4) is 11.5 Å². The minimum atomic E-state index is -0.500. The van der Waals surface area contributed by atoms with Gasteiger partial charge in [0, 0.05) is 5.02 Å². The van der Waals surface area contributed by atoms with Crippen molar-refractivity contribution in [1.29, 1.82) is 0 Å². The van der Waals surface area contributed by atoms with E-state index in [0.29, 0.717) is 33.5 Å². The highest BCUT2D eigenvalue weighted by atomic mass is 35.5. The molecule has 168 valence electrons. The molecule has 0 bridgehead atoms. The quantitative estimate of drug-likeness (QED) is 0.499. The summed E-state index contributed by atoms with van der Waals surface area (Å²) < 4.78 is 10.8. The highest BCUT2D eigenvalue weighted by Gasteiger charge is 2.41. The van der Waals surface area contributed by atoms with Gasteiger partial charge in [-0.2, -0.15) is 0 Å². The Morgan fingerprint density at radius 1 is 0.818 bits per heavy atom. The van der Waals surface area contributed by atoms with Crippen LogP contribution < -0.4 is 19.7 Å². The summed E-state index contributed by atoms with van der Waals surface area (Å²) in [6.07, 6.45) is 0. The van der Waals surface area contributed by atoms with E-state index < -0.39 is 11.8 Å². The number of ether oxygens (including phenoxy) is 2. The van der Waals surface area contributed by atoms with E-state index in [4.69, 9.17) is 21.1 Å². The van der Waals surface area contributed by atoms with E-state index in [9.17, 15) is 9.59 Å². The summed E-state index contributed by atoms with van der Waals surface area (Å²) in [5.74, 6) is -0.0430. The van der Waals surface area contributed by atoms with E-state index in [-0.39, 0.29) is 11.3 Å². The van der Waals surface area contributed by atoms with Gasteiger partial charge in [0.25, 0.3) is 11.8 Å². The summed E-state index contributed by atoms with van der Waals surface area (Å²) in [5.41, 5.74) is 3.97. The van der Waals surface area contributed by atoms with Crippen LogP contribution in [-0.2, 0) is 9.59 Å². The highest BCUT2D eigenvalue weighted by molar-refractivity contribution is 6.46. The summed E-state index contributed by atoms with van der Waals surface area (Å²) in [6.45, 7) is 3.96. The molecule has 0 unspecified atom stereocenters.